The van der Waals surface area contributed by atoms with Gasteiger partial charge in [-0.3, -0.25) is 4.79 Å². The quantitative estimate of drug-likeness (QED) is 0.664. The zero-order valence-electron chi connectivity index (χ0n) is 12.4. The number of nitrogens with one attached hydrogen (secondary N) is 1. The molecular formula is C12H25N3O4S. The second kappa shape index (κ2) is 6.84. The van der Waals surface area contributed by atoms with Gasteiger partial charge < -0.3 is 10.5 Å². The van der Waals surface area contributed by atoms with Crippen LogP contribution in [0.25, 0.3) is 0 Å². The molecule has 1 fully saturated rings. The third kappa shape index (κ3) is 4.69. The van der Waals surface area contributed by atoms with Crippen LogP contribution in [0, 0.1) is 5.92 Å². The van der Waals surface area contributed by atoms with Gasteiger partial charge in [0.1, 0.15) is 0 Å². The Kier molecular flexibility index (Phi) is 5.93. The zero-order valence-corrected chi connectivity index (χ0v) is 13.2. The summed E-state index contributed by atoms with van der Waals surface area (Å²) in [6.45, 7) is 6.43. The molecule has 0 saturated carbocycles. The van der Waals surface area contributed by atoms with Crippen molar-refractivity contribution < 1.29 is 17.9 Å². The predicted molar refractivity (Wildman–Crippen MR) is 76.1 cm³/mol. The summed E-state index contributed by atoms with van der Waals surface area (Å²) in [7, 11) is -3.56. The number of hydrogen-bond acceptors (Lipinski definition) is 5. The van der Waals surface area contributed by atoms with Crippen LogP contribution in [-0.2, 0) is 19.7 Å². The van der Waals surface area contributed by atoms with Crippen molar-refractivity contribution in [1.82, 2.24) is 9.03 Å². The van der Waals surface area contributed by atoms with Crippen LogP contribution in [0.15, 0.2) is 0 Å². The molecule has 20 heavy (non-hydrogen) atoms. The van der Waals surface area contributed by atoms with Gasteiger partial charge in [-0.15, -0.1) is 0 Å². The maximum atomic E-state index is 12.2. The Morgan fingerprint density at radius 1 is 1.40 bits per heavy atom. The molecule has 8 heteroatoms. The van der Waals surface area contributed by atoms with Crippen LogP contribution in [-0.4, -0.2) is 50.5 Å². The van der Waals surface area contributed by atoms with Gasteiger partial charge in [0.15, 0.2) is 0 Å². The first-order chi connectivity index (χ1) is 9.22. The summed E-state index contributed by atoms with van der Waals surface area (Å²) in [5.74, 6) is -0.441. The van der Waals surface area contributed by atoms with E-state index in [4.69, 9.17) is 10.5 Å². The molecule has 0 bridgehead atoms. The molecule has 0 radical (unpaired) electrons. The molecule has 0 aliphatic carbocycles. The van der Waals surface area contributed by atoms with Crippen LogP contribution in [0.3, 0.4) is 0 Å². The van der Waals surface area contributed by atoms with Gasteiger partial charge in [0.2, 0.25) is 0 Å². The maximum Gasteiger partial charge on any atom is 0.309 e. The maximum absolute atomic E-state index is 12.2. The van der Waals surface area contributed by atoms with Crippen molar-refractivity contribution in [2.75, 3.05) is 26.2 Å². The number of nitrogens with two attached hydrogens (primary N) is 1. The first kappa shape index (κ1) is 17.4. The highest BCUT2D eigenvalue weighted by Crippen LogP contribution is 2.21. The highest BCUT2D eigenvalue weighted by Gasteiger charge is 2.34. The fourth-order valence-corrected chi connectivity index (χ4v) is 3.65. The molecule has 0 spiro atoms. The molecule has 0 aromatic heterocycles. The zero-order chi connectivity index (χ0) is 15.4. The third-order valence-electron chi connectivity index (χ3n) is 3.33. The van der Waals surface area contributed by atoms with Crippen LogP contribution >= 0.6 is 0 Å². The predicted octanol–water partition coefficient (Wildman–Crippen LogP) is -0.167. The second-order valence-corrected chi connectivity index (χ2v) is 7.29. The van der Waals surface area contributed by atoms with Crippen molar-refractivity contribution in [1.29, 1.82) is 0 Å². The van der Waals surface area contributed by atoms with E-state index in [1.165, 1.54) is 4.31 Å². The van der Waals surface area contributed by atoms with Crippen LogP contribution < -0.4 is 10.5 Å². The SMILES string of the molecule is CCOC(=O)C1CCN(S(=O)(=O)NC(C)(C)CN)CC1. The lowest BCUT2D eigenvalue weighted by Gasteiger charge is -2.33. The highest BCUT2D eigenvalue weighted by molar-refractivity contribution is 7.87. The molecule has 0 atom stereocenters. The fraction of sp³-hybridized carbons (Fsp3) is 0.917. The topological polar surface area (TPSA) is 102 Å². The minimum absolute atomic E-state index is 0.205. The van der Waals surface area contributed by atoms with E-state index in [1.54, 1.807) is 20.8 Å². The monoisotopic (exact) mass is 307 g/mol. The molecule has 0 aromatic rings. The molecule has 1 saturated heterocycles. The Hall–Kier alpha value is -0.700. The highest BCUT2D eigenvalue weighted by atomic mass is 32.2. The van der Waals surface area contributed by atoms with E-state index in [1.807, 2.05) is 0 Å². The normalized spacial score (nSPS) is 19.0. The van der Waals surface area contributed by atoms with Gasteiger partial charge in [-0.2, -0.15) is 17.4 Å². The van der Waals surface area contributed by atoms with E-state index in [2.05, 4.69) is 4.72 Å². The van der Waals surface area contributed by atoms with Crippen LogP contribution in [0.2, 0.25) is 0 Å². The van der Waals surface area contributed by atoms with E-state index in [9.17, 15) is 13.2 Å². The molecule has 0 unspecified atom stereocenters. The number of esters is 1. The van der Waals surface area contributed by atoms with Gasteiger partial charge in [0.25, 0.3) is 10.2 Å². The van der Waals surface area contributed by atoms with E-state index < -0.39 is 15.7 Å². The van der Waals surface area contributed by atoms with E-state index in [0.717, 1.165) is 0 Å². The number of piperidine rings is 1. The van der Waals surface area contributed by atoms with Gasteiger partial charge in [0, 0.05) is 25.2 Å². The first-order valence-electron chi connectivity index (χ1n) is 6.87. The van der Waals surface area contributed by atoms with Crippen molar-refractivity contribution in [3.8, 4) is 0 Å². The Balaban J connectivity index is 2.58. The summed E-state index contributed by atoms with van der Waals surface area (Å²) < 4.78 is 33.3. The number of carbonyl (C=O) groups excluding carboxylic acids is 1. The van der Waals surface area contributed by atoms with Crippen molar-refractivity contribution in [3.05, 3.63) is 0 Å². The molecule has 118 valence electrons. The van der Waals surface area contributed by atoms with Crippen LogP contribution in [0.4, 0.5) is 0 Å². The van der Waals surface area contributed by atoms with Gasteiger partial charge in [-0.05, 0) is 33.6 Å². The summed E-state index contributed by atoms with van der Waals surface area (Å²) in [6.07, 6.45) is 0.978. The number of rotatable bonds is 6. The molecule has 1 rings (SSSR count). The first-order valence-corrected chi connectivity index (χ1v) is 8.31. The number of nitrogens with zero attached hydrogens (tertiary/aromatic N) is 1. The third-order valence-corrected chi connectivity index (χ3v) is 5.18. The number of hydrogen-bond donors (Lipinski definition) is 2. The number of ether oxygens (including phenoxy) is 1. The molecule has 3 N–H and O–H groups in total. The van der Waals surface area contributed by atoms with Gasteiger partial charge in [-0.1, -0.05) is 0 Å². The Morgan fingerprint density at radius 3 is 2.40 bits per heavy atom. The van der Waals surface area contributed by atoms with Gasteiger partial charge in [0.05, 0.1) is 12.5 Å². The molecule has 1 aliphatic rings. The average molecular weight is 307 g/mol. The van der Waals surface area contributed by atoms with E-state index in [0.29, 0.717) is 32.5 Å². The Labute approximate surface area is 121 Å². The minimum atomic E-state index is -3.56. The van der Waals surface area contributed by atoms with Crippen molar-refractivity contribution >= 4 is 16.2 Å². The van der Waals surface area contributed by atoms with E-state index in [-0.39, 0.29) is 18.4 Å². The molecule has 0 amide bonds. The fourth-order valence-electron chi connectivity index (χ4n) is 2.05. The van der Waals surface area contributed by atoms with Crippen LogP contribution in [0.1, 0.15) is 33.6 Å². The van der Waals surface area contributed by atoms with Crippen molar-refractivity contribution in [3.63, 3.8) is 0 Å². The lowest BCUT2D eigenvalue weighted by molar-refractivity contribution is -0.149. The number of carbonyl (C=O) groups is 1. The van der Waals surface area contributed by atoms with Crippen LogP contribution in [0.5, 0.6) is 0 Å². The summed E-state index contributed by atoms with van der Waals surface area (Å²) in [5.41, 5.74) is 4.85. The van der Waals surface area contributed by atoms with E-state index >= 15 is 0 Å². The molecular weight excluding hydrogens is 282 g/mol. The summed E-state index contributed by atoms with van der Waals surface area (Å²) in [5, 5.41) is 0. The van der Waals surface area contributed by atoms with Gasteiger partial charge in [-0.25, -0.2) is 0 Å². The summed E-state index contributed by atoms with van der Waals surface area (Å²) in [6, 6.07) is 0. The lowest BCUT2D eigenvalue weighted by Crippen LogP contribution is -2.55. The largest absolute Gasteiger partial charge is 0.466 e. The minimum Gasteiger partial charge on any atom is -0.466 e. The summed E-state index contributed by atoms with van der Waals surface area (Å²) >= 11 is 0. The molecule has 1 heterocycles. The smallest absolute Gasteiger partial charge is 0.309 e. The van der Waals surface area contributed by atoms with Crippen molar-refractivity contribution in [2.24, 2.45) is 11.7 Å². The lowest BCUT2D eigenvalue weighted by atomic mass is 9.98. The molecule has 0 aromatic carbocycles. The average Bonchev–Trinajstić information content (AvgIpc) is 2.38. The summed E-state index contributed by atoms with van der Waals surface area (Å²) in [4.78, 5) is 11.6. The molecule has 7 nitrogen and oxygen atoms in total. The Bertz CT molecular complexity index is 428. The molecule has 1 aliphatic heterocycles. The Morgan fingerprint density at radius 2 is 1.95 bits per heavy atom. The van der Waals surface area contributed by atoms with Crippen molar-refractivity contribution in [2.45, 2.75) is 39.2 Å². The van der Waals surface area contributed by atoms with Gasteiger partial charge >= 0.3 is 5.97 Å². The standard InChI is InChI=1S/C12H25N3O4S/c1-4-19-11(16)10-5-7-15(8-6-10)20(17,18)14-12(2,3)9-13/h10,14H,4-9,13H2,1-3H3. The second-order valence-electron chi connectivity index (χ2n) is 5.62.